The molecule has 1 aliphatic carbocycles. The van der Waals surface area contributed by atoms with E-state index in [9.17, 15) is 0 Å². The maximum Gasteiger partial charge on any atom is 0.113 e. The van der Waals surface area contributed by atoms with Gasteiger partial charge in [-0.1, -0.05) is 24.4 Å². The van der Waals surface area contributed by atoms with Crippen LogP contribution in [0.3, 0.4) is 0 Å². The van der Waals surface area contributed by atoms with E-state index < -0.39 is 0 Å². The van der Waals surface area contributed by atoms with Crippen molar-refractivity contribution in [3.05, 3.63) is 45.6 Å². The van der Waals surface area contributed by atoms with Gasteiger partial charge in [0.1, 0.15) is 5.01 Å². The standard InChI is InChI=1S/C14H16ClN3S/c15-12-10-16-6-3-11(12)9-18-14(4-1-2-5-14)13-17-7-8-19-13/h3,6-8,10,18H,1-2,4-5,9H2. The molecule has 0 bridgehead atoms. The highest BCUT2D eigenvalue weighted by Crippen LogP contribution is 2.39. The second kappa shape index (κ2) is 5.57. The zero-order valence-electron chi connectivity index (χ0n) is 10.6. The van der Waals surface area contributed by atoms with Gasteiger partial charge in [-0.25, -0.2) is 4.98 Å². The Kier molecular flexibility index (Phi) is 3.82. The fourth-order valence-corrected chi connectivity index (χ4v) is 3.78. The maximum atomic E-state index is 6.16. The molecule has 5 heteroatoms. The van der Waals surface area contributed by atoms with E-state index in [4.69, 9.17) is 11.6 Å². The summed E-state index contributed by atoms with van der Waals surface area (Å²) in [6.45, 7) is 0.765. The minimum Gasteiger partial charge on any atom is -0.301 e. The van der Waals surface area contributed by atoms with Crippen molar-refractivity contribution < 1.29 is 0 Å². The third-order valence-corrected chi connectivity index (χ3v) is 5.09. The number of rotatable bonds is 4. The van der Waals surface area contributed by atoms with Crippen LogP contribution >= 0.6 is 22.9 Å². The lowest BCUT2D eigenvalue weighted by molar-refractivity contribution is 0.337. The van der Waals surface area contributed by atoms with Crippen molar-refractivity contribution >= 4 is 22.9 Å². The fraction of sp³-hybridized carbons (Fsp3) is 0.429. The quantitative estimate of drug-likeness (QED) is 0.933. The van der Waals surface area contributed by atoms with Gasteiger partial charge >= 0.3 is 0 Å². The molecule has 1 fully saturated rings. The number of thiazole rings is 1. The number of nitrogens with zero attached hydrogens (tertiary/aromatic N) is 2. The Morgan fingerprint density at radius 1 is 1.32 bits per heavy atom. The Morgan fingerprint density at radius 2 is 2.16 bits per heavy atom. The van der Waals surface area contributed by atoms with Crippen LogP contribution in [0.4, 0.5) is 0 Å². The predicted molar refractivity (Wildman–Crippen MR) is 78.3 cm³/mol. The van der Waals surface area contributed by atoms with Crippen molar-refractivity contribution in [2.75, 3.05) is 0 Å². The lowest BCUT2D eigenvalue weighted by atomic mass is 9.98. The van der Waals surface area contributed by atoms with Crippen LogP contribution in [0.5, 0.6) is 0 Å². The summed E-state index contributed by atoms with van der Waals surface area (Å²) in [5.41, 5.74) is 1.14. The van der Waals surface area contributed by atoms with E-state index in [-0.39, 0.29) is 5.54 Å². The Hall–Kier alpha value is -0.970. The highest BCUT2D eigenvalue weighted by Gasteiger charge is 2.37. The molecular weight excluding hydrogens is 278 g/mol. The monoisotopic (exact) mass is 293 g/mol. The minimum atomic E-state index is 0.0424. The summed E-state index contributed by atoms with van der Waals surface area (Å²) in [6.07, 6.45) is 10.2. The minimum absolute atomic E-state index is 0.0424. The van der Waals surface area contributed by atoms with E-state index in [1.54, 1.807) is 23.7 Å². The van der Waals surface area contributed by atoms with Crippen LogP contribution in [0.1, 0.15) is 36.3 Å². The molecule has 0 saturated heterocycles. The second-order valence-electron chi connectivity index (χ2n) is 4.95. The molecule has 2 aromatic rings. The van der Waals surface area contributed by atoms with Crippen molar-refractivity contribution in [3.63, 3.8) is 0 Å². The van der Waals surface area contributed by atoms with Crippen molar-refractivity contribution in [2.45, 2.75) is 37.8 Å². The molecular formula is C14H16ClN3S. The number of nitrogens with one attached hydrogen (secondary N) is 1. The molecule has 0 unspecified atom stereocenters. The number of aromatic nitrogens is 2. The van der Waals surface area contributed by atoms with Crippen molar-refractivity contribution in [1.82, 2.24) is 15.3 Å². The van der Waals surface area contributed by atoms with E-state index in [0.29, 0.717) is 0 Å². The Morgan fingerprint density at radius 3 is 2.84 bits per heavy atom. The van der Waals surface area contributed by atoms with E-state index in [2.05, 4.69) is 20.7 Å². The van der Waals surface area contributed by atoms with Crippen molar-refractivity contribution in [3.8, 4) is 0 Å². The molecule has 19 heavy (non-hydrogen) atoms. The molecule has 100 valence electrons. The van der Waals surface area contributed by atoms with Gasteiger partial charge in [-0.3, -0.25) is 4.98 Å². The molecule has 0 radical (unpaired) electrons. The zero-order chi connectivity index (χ0) is 13.1. The van der Waals surface area contributed by atoms with Gasteiger partial charge in [-0.2, -0.15) is 0 Å². The molecule has 1 N–H and O–H groups in total. The number of hydrogen-bond acceptors (Lipinski definition) is 4. The lowest BCUT2D eigenvalue weighted by Gasteiger charge is -2.28. The smallest absolute Gasteiger partial charge is 0.113 e. The zero-order valence-corrected chi connectivity index (χ0v) is 12.2. The molecule has 2 aromatic heterocycles. The Labute approximate surface area is 122 Å². The summed E-state index contributed by atoms with van der Waals surface area (Å²) in [5, 5.41) is 7.67. The number of hydrogen-bond donors (Lipinski definition) is 1. The van der Waals surface area contributed by atoms with Crippen molar-refractivity contribution in [1.29, 1.82) is 0 Å². The molecule has 1 aliphatic rings. The van der Waals surface area contributed by atoms with Gasteiger partial charge in [0.25, 0.3) is 0 Å². The summed E-state index contributed by atoms with van der Waals surface area (Å²) in [5.74, 6) is 0. The van der Waals surface area contributed by atoms with Crippen LogP contribution in [0.15, 0.2) is 30.0 Å². The van der Waals surface area contributed by atoms with Crippen LogP contribution in [-0.2, 0) is 12.1 Å². The first-order valence-corrected chi connectivity index (χ1v) is 7.79. The molecule has 0 spiro atoms. The van der Waals surface area contributed by atoms with E-state index in [1.165, 1.54) is 17.8 Å². The first-order chi connectivity index (χ1) is 9.30. The fourth-order valence-electron chi connectivity index (χ4n) is 2.72. The summed E-state index contributed by atoms with van der Waals surface area (Å²) < 4.78 is 0. The summed E-state index contributed by atoms with van der Waals surface area (Å²) >= 11 is 7.90. The highest BCUT2D eigenvalue weighted by atomic mass is 35.5. The van der Waals surface area contributed by atoms with Gasteiger partial charge in [0.2, 0.25) is 0 Å². The third-order valence-electron chi connectivity index (χ3n) is 3.77. The molecule has 3 rings (SSSR count). The average molecular weight is 294 g/mol. The molecule has 3 nitrogen and oxygen atoms in total. The maximum absolute atomic E-state index is 6.16. The number of halogens is 1. The van der Waals surface area contributed by atoms with Crippen molar-refractivity contribution in [2.24, 2.45) is 0 Å². The van der Waals surface area contributed by atoms with Gasteiger partial charge < -0.3 is 5.32 Å². The SMILES string of the molecule is Clc1cnccc1CNC1(c2nccs2)CCCC1. The molecule has 0 atom stereocenters. The van der Waals surface area contributed by atoms with Gasteiger partial charge in [0.05, 0.1) is 10.6 Å². The van der Waals surface area contributed by atoms with E-state index in [1.807, 2.05) is 12.3 Å². The Balaban J connectivity index is 1.78. The largest absolute Gasteiger partial charge is 0.301 e. The van der Waals surface area contributed by atoms with E-state index in [0.717, 1.165) is 30.0 Å². The third kappa shape index (κ3) is 2.66. The topological polar surface area (TPSA) is 37.8 Å². The molecule has 1 saturated carbocycles. The summed E-state index contributed by atoms with van der Waals surface area (Å²) in [6, 6.07) is 1.97. The summed E-state index contributed by atoms with van der Waals surface area (Å²) in [7, 11) is 0. The van der Waals surface area contributed by atoms with Gasteiger partial charge in [0.15, 0.2) is 0 Å². The molecule has 2 heterocycles. The van der Waals surface area contributed by atoms with Crippen LogP contribution in [-0.4, -0.2) is 9.97 Å². The molecule has 0 aromatic carbocycles. The predicted octanol–water partition coefficient (Wildman–Crippen LogP) is 3.75. The van der Waals surface area contributed by atoms with Crippen LogP contribution in [0.2, 0.25) is 5.02 Å². The second-order valence-corrected chi connectivity index (χ2v) is 6.25. The first-order valence-electron chi connectivity index (χ1n) is 6.54. The average Bonchev–Trinajstić information content (AvgIpc) is 3.10. The van der Waals surface area contributed by atoms with Crippen LogP contribution < -0.4 is 5.32 Å². The van der Waals surface area contributed by atoms with Gasteiger partial charge in [-0.05, 0) is 24.5 Å². The highest BCUT2D eigenvalue weighted by molar-refractivity contribution is 7.09. The molecule has 0 amide bonds. The Bertz CT molecular complexity index is 535. The van der Waals surface area contributed by atoms with Gasteiger partial charge in [-0.15, -0.1) is 11.3 Å². The normalized spacial score (nSPS) is 17.7. The number of pyridine rings is 1. The van der Waals surface area contributed by atoms with Crippen LogP contribution in [0, 0.1) is 0 Å². The first kappa shape index (κ1) is 13.0. The van der Waals surface area contributed by atoms with Crippen LogP contribution in [0.25, 0.3) is 0 Å². The summed E-state index contributed by atoms with van der Waals surface area (Å²) in [4.78, 5) is 8.54. The van der Waals surface area contributed by atoms with Gasteiger partial charge in [0, 0.05) is 30.5 Å². The molecule has 0 aliphatic heterocycles. The lowest BCUT2D eigenvalue weighted by Crippen LogP contribution is -2.39. The van der Waals surface area contributed by atoms with E-state index >= 15 is 0 Å².